The number of nitrogens with zero attached hydrogens (tertiary/aromatic N) is 1. The van der Waals surface area contributed by atoms with Crippen molar-refractivity contribution in [3.05, 3.63) is 35.1 Å². The quantitative estimate of drug-likeness (QED) is 0.785. The van der Waals surface area contributed by atoms with Gasteiger partial charge in [0.1, 0.15) is 11.4 Å². The minimum Gasteiger partial charge on any atom is -0.444 e. The van der Waals surface area contributed by atoms with E-state index in [4.69, 9.17) is 4.74 Å². The number of likely N-dealkylation sites (tertiary alicyclic amines) is 1. The summed E-state index contributed by atoms with van der Waals surface area (Å²) in [6.45, 7) is 7.92. The topological polar surface area (TPSA) is 46.6 Å². The molecule has 1 saturated heterocycles. The van der Waals surface area contributed by atoms with Crippen LogP contribution in [-0.2, 0) is 4.74 Å². The van der Waals surface area contributed by atoms with Gasteiger partial charge in [-0.25, -0.2) is 9.18 Å². The Kier molecular flexibility index (Phi) is 4.54. The monoisotopic (exact) mass is 307 g/mol. The molecule has 0 N–H and O–H groups in total. The highest BCUT2D eigenvalue weighted by Crippen LogP contribution is 2.23. The van der Waals surface area contributed by atoms with Crippen LogP contribution in [0, 0.1) is 18.7 Å². The molecular weight excluding hydrogens is 285 g/mol. The van der Waals surface area contributed by atoms with Gasteiger partial charge in [0.2, 0.25) is 0 Å². The average Bonchev–Trinajstić information content (AvgIpc) is 2.89. The minimum atomic E-state index is -0.548. The normalized spacial score (nSPS) is 18.4. The van der Waals surface area contributed by atoms with Crippen molar-refractivity contribution in [3.63, 3.8) is 0 Å². The van der Waals surface area contributed by atoms with Gasteiger partial charge in [0, 0.05) is 24.6 Å². The number of carbonyl (C=O) groups excluding carboxylic acids is 2. The lowest BCUT2D eigenvalue weighted by Crippen LogP contribution is -2.35. The number of ether oxygens (including phenoxy) is 1. The second-order valence-electron chi connectivity index (χ2n) is 6.74. The Morgan fingerprint density at radius 3 is 2.59 bits per heavy atom. The highest BCUT2D eigenvalue weighted by molar-refractivity contribution is 5.98. The Morgan fingerprint density at radius 2 is 2.00 bits per heavy atom. The third kappa shape index (κ3) is 3.84. The van der Waals surface area contributed by atoms with Crippen LogP contribution >= 0.6 is 0 Å². The molecule has 1 heterocycles. The molecular formula is C17H22FNO3. The average molecular weight is 307 g/mol. The Morgan fingerprint density at radius 1 is 1.32 bits per heavy atom. The number of aryl methyl sites for hydroxylation is 1. The Hall–Kier alpha value is -1.91. The first-order valence-corrected chi connectivity index (χ1v) is 7.45. The van der Waals surface area contributed by atoms with Crippen LogP contribution in [0.5, 0.6) is 0 Å². The zero-order chi connectivity index (χ0) is 16.5. The van der Waals surface area contributed by atoms with Crippen molar-refractivity contribution in [3.8, 4) is 0 Å². The summed E-state index contributed by atoms with van der Waals surface area (Å²) in [5.41, 5.74) is 0.399. The van der Waals surface area contributed by atoms with Crippen molar-refractivity contribution in [1.29, 1.82) is 0 Å². The zero-order valence-electron chi connectivity index (χ0n) is 13.5. The van der Waals surface area contributed by atoms with Gasteiger partial charge in [0.05, 0.1) is 0 Å². The molecule has 4 nitrogen and oxygen atoms in total. The van der Waals surface area contributed by atoms with Crippen molar-refractivity contribution in [2.45, 2.75) is 39.7 Å². The molecule has 1 amide bonds. The van der Waals surface area contributed by atoms with E-state index in [1.165, 1.54) is 12.1 Å². The maximum atomic E-state index is 13.3. The predicted octanol–water partition coefficient (Wildman–Crippen LogP) is 3.57. The smallest absolute Gasteiger partial charge is 0.410 e. The van der Waals surface area contributed by atoms with E-state index in [1.807, 2.05) is 20.8 Å². The molecule has 1 aromatic carbocycles. The van der Waals surface area contributed by atoms with Crippen molar-refractivity contribution >= 4 is 11.9 Å². The molecule has 0 saturated carbocycles. The molecule has 1 atom stereocenters. The lowest BCUT2D eigenvalue weighted by atomic mass is 9.96. The molecule has 0 bridgehead atoms. The van der Waals surface area contributed by atoms with Crippen LogP contribution in [0.3, 0.4) is 0 Å². The zero-order valence-corrected chi connectivity index (χ0v) is 13.5. The van der Waals surface area contributed by atoms with Crippen LogP contribution in [-0.4, -0.2) is 35.5 Å². The van der Waals surface area contributed by atoms with Gasteiger partial charge < -0.3 is 9.64 Å². The number of ketones is 1. The van der Waals surface area contributed by atoms with Crippen LogP contribution in [0.2, 0.25) is 0 Å². The summed E-state index contributed by atoms with van der Waals surface area (Å²) >= 11 is 0. The van der Waals surface area contributed by atoms with Crippen molar-refractivity contribution in [1.82, 2.24) is 4.90 Å². The van der Waals surface area contributed by atoms with Gasteiger partial charge in [-0.2, -0.15) is 0 Å². The van der Waals surface area contributed by atoms with Crippen LogP contribution in [0.15, 0.2) is 18.2 Å². The number of carbonyl (C=O) groups is 2. The fraction of sp³-hybridized carbons (Fsp3) is 0.529. The molecule has 1 aliphatic heterocycles. The fourth-order valence-corrected chi connectivity index (χ4v) is 2.50. The van der Waals surface area contributed by atoms with Crippen molar-refractivity contribution in [2.24, 2.45) is 5.92 Å². The number of rotatable bonds is 2. The van der Waals surface area contributed by atoms with E-state index in [9.17, 15) is 14.0 Å². The minimum absolute atomic E-state index is 0.0471. The van der Waals surface area contributed by atoms with Gasteiger partial charge in [0.15, 0.2) is 5.78 Å². The molecule has 2 rings (SSSR count). The Bertz CT molecular complexity index is 592. The number of halogens is 1. The number of amides is 1. The van der Waals surface area contributed by atoms with Gasteiger partial charge in [-0.3, -0.25) is 4.79 Å². The SMILES string of the molecule is Cc1cc(C(=O)C2CCN(C(=O)OC(C)(C)C)C2)ccc1F. The summed E-state index contributed by atoms with van der Waals surface area (Å²) in [7, 11) is 0. The molecule has 120 valence electrons. The number of Topliss-reactive ketones (excluding diaryl/α,β-unsaturated/α-hetero) is 1. The maximum Gasteiger partial charge on any atom is 0.410 e. The molecule has 1 unspecified atom stereocenters. The van der Waals surface area contributed by atoms with E-state index in [1.54, 1.807) is 17.9 Å². The largest absolute Gasteiger partial charge is 0.444 e. The molecule has 22 heavy (non-hydrogen) atoms. The molecule has 5 heteroatoms. The van der Waals surface area contributed by atoms with Gasteiger partial charge in [-0.1, -0.05) is 0 Å². The standard InChI is InChI=1S/C17H22FNO3/c1-11-9-12(5-6-14(11)18)15(20)13-7-8-19(10-13)16(21)22-17(2,3)4/h5-6,9,13H,7-8,10H2,1-4H3. The van der Waals surface area contributed by atoms with E-state index >= 15 is 0 Å². The molecule has 0 spiro atoms. The summed E-state index contributed by atoms with van der Waals surface area (Å²) in [6.07, 6.45) is 0.215. The fourth-order valence-electron chi connectivity index (χ4n) is 2.50. The van der Waals surface area contributed by atoms with E-state index in [-0.39, 0.29) is 17.5 Å². The first-order chi connectivity index (χ1) is 10.2. The number of benzene rings is 1. The first kappa shape index (κ1) is 16.5. The van der Waals surface area contributed by atoms with Gasteiger partial charge in [0.25, 0.3) is 0 Å². The molecule has 1 aromatic rings. The van der Waals surface area contributed by atoms with Gasteiger partial charge in [-0.15, -0.1) is 0 Å². The summed E-state index contributed by atoms with van der Waals surface area (Å²) in [6, 6.07) is 4.37. The summed E-state index contributed by atoms with van der Waals surface area (Å²) in [4.78, 5) is 26.0. The molecule has 1 aliphatic rings. The first-order valence-electron chi connectivity index (χ1n) is 7.45. The highest BCUT2D eigenvalue weighted by atomic mass is 19.1. The van der Waals surface area contributed by atoms with Crippen LogP contribution < -0.4 is 0 Å². The summed E-state index contributed by atoms with van der Waals surface area (Å²) < 4.78 is 18.6. The van der Waals surface area contributed by atoms with E-state index in [2.05, 4.69) is 0 Å². The lowest BCUT2D eigenvalue weighted by molar-refractivity contribution is 0.0289. The van der Waals surface area contributed by atoms with Crippen LogP contribution in [0.4, 0.5) is 9.18 Å². The van der Waals surface area contributed by atoms with E-state index < -0.39 is 11.7 Å². The van der Waals surface area contributed by atoms with Crippen LogP contribution in [0.25, 0.3) is 0 Å². The lowest BCUT2D eigenvalue weighted by Gasteiger charge is -2.24. The molecule has 0 radical (unpaired) electrons. The molecule has 1 fully saturated rings. The number of hydrogen-bond acceptors (Lipinski definition) is 3. The Labute approximate surface area is 130 Å². The Balaban J connectivity index is 2.02. The second kappa shape index (κ2) is 6.07. The molecule has 0 aromatic heterocycles. The highest BCUT2D eigenvalue weighted by Gasteiger charge is 2.33. The van der Waals surface area contributed by atoms with E-state index in [0.717, 1.165) is 0 Å². The van der Waals surface area contributed by atoms with Gasteiger partial charge in [-0.05, 0) is 57.9 Å². The summed E-state index contributed by atoms with van der Waals surface area (Å²) in [5.74, 6) is -0.620. The third-order valence-corrected chi connectivity index (χ3v) is 3.65. The van der Waals surface area contributed by atoms with E-state index in [0.29, 0.717) is 30.6 Å². The van der Waals surface area contributed by atoms with Gasteiger partial charge >= 0.3 is 6.09 Å². The second-order valence-corrected chi connectivity index (χ2v) is 6.74. The summed E-state index contributed by atoms with van der Waals surface area (Å²) in [5, 5.41) is 0. The third-order valence-electron chi connectivity index (χ3n) is 3.65. The van der Waals surface area contributed by atoms with Crippen molar-refractivity contribution < 1.29 is 18.7 Å². The van der Waals surface area contributed by atoms with Crippen LogP contribution in [0.1, 0.15) is 43.1 Å². The number of hydrogen-bond donors (Lipinski definition) is 0. The van der Waals surface area contributed by atoms with Crippen molar-refractivity contribution in [2.75, 3.05) is 13.1 Å². The molecule has 0 aliphatic carbocycles. The maximum absolute atomic E-state index is 13.3. The predicted molar refractivity (Wildman–Crippen MR) is 81.4 cm³/mol.